The monoisotopic (exact) mass is 285 g/mol. The molecule has 0 unspecified atom stereocenters. The zero-order valence-electron chi connectivity index (χ0n) is 12.5. The molecule has 0 fully saturated rings. The first-order chi connectivity index (χ1) is 8.95. The van der Waals surface area contributed by atoms with Crippen molar-refractivity contribution < 1.29 is 4.74 Å². The van der Waals surface area contributed by atoms with Crippen LogP contribution in [0.4, 0.5) is 5.82 Å². The van der Waals surface area contributed by atoms with Gasteiger partial charge in [0, 0.05) is 25.6 Å². The molecule has 0 spiro atoms. The molecular formula is C14H24ClN3O. The van der Waals surface area contributed by atoms with Crippen molar-refractivity contribution >= 4 is 17.4 Å². The molecule has 1 rings (SSSR count). The van der Waals surface area contributed by atoms with Gasteiger partial charge in [-0.25, -0.2) is 9.97 Å². The maximum atomic E-state index is 6.17. The molecular weight excluding hydrogens is 262 g/mol. The van der Waals surface area contributed by atoms with Crippen molar-refractivity contribution in [1.29, 1.82) is 0 Å². The third-order valence-electron chi connectivity index (χ3n) is 2.82. The molecule has 0 radical (unpaired) electrons. The van der Waals surface area contributed by atoms with E-state index in [0.717, 1.165) is 36.6 Å². The lowest BCUT2D eigenvalue weighted by molar-refractivity contribution is 0.0845. The fourth-order valence-electron chi connectivity index (χ4n) is 1.76. The fourth-order valence-corrected chi connectivity index (χ4v) is 1.94. The standard InChI is InChI=1S/C14H24ClN3O/c1-6-7-12-16-13(15)11(4)14(17-12)18(5)8-9-19-10(2)3/h10H,6-9H2,1-5H3. The van der Waals surface area contributed by atoms with Crippen molar-refractivity contribution in [3.8, 4) is 0 Å². The Balaban J connectivity index is 2.79. The van der Waals surface area contributed by atoms with E-state index in [0.29, 0.717) is 11.8 Å². The number of aromatic nitrogens is 2. The summed E-state index contributed by atoms with van der Waals surface area (Å²) >= 11 is 6.17. The van der Waals surface area contributed by atoms with Gasteiger partial charge in [-0.1, -0.05) is 18.5 Å². The van der Waals surface area contributed by atoms with E-state index in [1.54, 1.807) is 0 Å². The highest BCUT2D eigenvalue weighted by Crippen LogP contribution is 2.22. The SMILES string of the molecule is CCCc1nc(Cl)c(C)c(N(C)CCOC(C)C)n1. The summed E-state index contributed by atoms with van der Waals surface area (Å²) in [7, 11) is 2.01. The number of ether oxygens (including phenoxy) is 1. The van der Waals surface area contributed by atoms with Gasteiger partial charge in [-0.05, 0) is 27.2 Å². The first-order valence-electron chi connectivity index (χ1n) is 6.81. The topological polar surface area (TPSA) is 38.2 Å². The Labute approximate surface area is 121 Å². The summed E-state index contributed by atoms with van der Waals surface area (Å²) in [6.07, 6.45) is 2.11. The van der Waals surface area contributed by atoms with Gasteiger partial charge >= 0.3 is 0 Å². The predicted octanol–water partition coefficient (Wildman–Crippen LogP) is 3.25. The van der Waals surface area contributed by atoms with Crippen molar-refractivity contribution in [3.63, 3.8) is 0 Å². The molecule has 0 saturated carbocycles. The maximum absolute atomic E-state index is 6.17. The van der Waals surface area contributed by atoms with Crippen molar-refractivity contribution in [3.05, 3.63) is 16.5 Å². The first kappa shape index (κ1) is 16.2. The molecule has 108 valence electrons. The highest BCUT2D eigenvalue weighted by molar-refractivity contribution is 6.30. The normalized spacial score (nSPS) is 11.1. The average Bonchev–Trinajstić information content (AvgIpc) is 2.33. The van der Waals surface area contributed by atoms with Crippen LogP contribution in [-0.4, -0.2) is 36.3 Å². The highest BCUT2D eigenvalue weighted by Gasteiger charge is 2.12. The molecule has 0 amide bonds. The zero-order valence-corrected chi connectivity index (χ0v) is 13.3. The summed E-state index contributed by atoms with van der Waals surface area (Å²) in [6.45, 7) is 9.60. The molecule has 1 aromatic heterocycles. The van der Waals surface area contributed by atoms with Crippen LogP contribution in [0, 0.1) is 6.92 Å². The summed E-state index contributed by atoms with van der Waals surface area (Å²) in [4.78, 5) is 11.0. The van der Waals surface area contributed by atoms with Gasteiger partial charge in [0.2, 0.25) is 0 Å². The second-order valence-corrected chi connectivity index (χ2v) is 5.33. The Morgan fingerprint density at radius 1 is 1.32 bits per heavy atom. The number of anilines is 1. The second-order valence-electron chi connectivity index (χ2n) is 4.97. The summed E-state index contributed by atoms with van der Waals surface area (Å²) in [5, 5.41) is 0.546. The van der Waals surface area contributed by atoms with Crippen LogP contribution in [0.25, 0.3) is 0 Å². The molecule has 0 saturated heterocycles. The van der Waals surface area contributed by atoms with Crippen molar-refractivity contribution in [2.45, 2.75) is 46.6 Å². The molecule has 0 N–H and O–H groups in total. The minimum absolute atomic E-state index is 0.249. The Kier molecular flexibility index (Phi) is 6.52. The average molecular weight is 286 g/mol. The van der Waals surface area contributed by atoms with Gasteiger partial charge in [0.25, 0.3) is 0 Å². The molecule has 0 aromatic carbocycles. The Hall–Kier alpha value is -0.870. The summed E-state index contributed by atoms with van der Waals surface area (Å²) in [5.41, 5.74) is 0.925. The van der Waals surface area contributed by atoms with Gasteiger partial charge in [-0.15, -0.1) is 0 Å². The van der Waals surface area contributed by atoms with Crippen LogP contribution in [0.15, 0.2) is 0 Å². The lowest BCUT2D eigenvalue weighted by atomic mass is 10.3. The summed E-state index contributed by atoms with van der Waals surface area (Å²) < 4.78 is 5.56. The number of nitrogens with zero attached hydrogens (tertiary/aromatic N) is 3. The number of hydrogen-bond acceptors (Lipinski definition) is 4. The van der Waals surface area contributed by atoms with Crippen molar-refractivity contribution in [1.82, 2.24) is 9.97 Å². The van der Waals surface area contributed by atoms with Crippen LogP contribution in [-0.2, 0) is 11.2 Å². The van der Waals surface area contributed by atoms with Gasteiger partial charge in [-0.2, -0.15) is 0 Å². The summed E-state index contributed by atoms with van der Waals surface area (Å²) in [5.74, 6) is 1.71. The Morgan fingerprint density at radius 2 is 2.00 bits per heavy atom. The highest BCUT2D eigenvalue weighted by atomic mass is 35.5. The lowest BCUT2D eigenvalue weighted by Gasteiger charge is -2.21. The van der Waals surface area contributed by atoms with Gasteiger partial charge in [-0.3, -0.25) is 0 Å². The molecule has 19 heavy (non-hydrogen) atoms. The number of aryl methyl sites for hydroxylation is 1. The molecule has 0 aliphatic heterocycles. The molecule has 0 bridgehead atoms. The number of hydrogen-bond donors (Lipinski definition) is 0. The Morgan fingerprint density at radius 3 is 2.58 bits per heavy atom. The third-order valence-corrected chi connectivity index (χ3v) is 3.19. The quantitative estimate of drug-likeness (QED) is 0.721. The van der Waals surface area contributed by atoms with E-state index in [-0.39, 0.29) is 6.10 Å². The molecule has 0 atom stereocenters. The molecule has 5 heteroatoms. The minimum atomic E-state index is 0.249. The molecule has 4 nitrogen and oxygen atoms in total. The van der Waals surface area contributed by atoms with Crippen LogP contribution in [0.5, 0.6) is 0 Å². The Bertz CT molecular complexity index is 410. The minimum Gasteiger partial charge on any atom is -0.377 e. The smallest absolute Gasteiger partial charge is 0.137 e. The van der Waals surface area contributed by atoms with Gasteiger partial charge in [0.15, 0.2) is 0 Å². The van der Waals surface area contributed by atoms with E-state index in [1.165, 1.54) is 0 Å². The van der Waals surface area contributed by atoms with E-state index in [9.17, 15) is 0 Å². The largest absolute Gasteiger partial charge is 0.377 e. The van der Waals surface area contributed by atoms with Crippen molar-refractivity contribution in [2.75, 3.05) is 25.1 Å². The fraction of sp³-hybridized carbons (Fsp3) is 0.714. The number of rotatable bonds is 7. The lowest BCUT2D eigenvalue weighted by Crippen LogP contribution is -2.26. The van der Waals surface area contributed by atoms with Gasteiger partial charge in [0.05, 0.1) is 12.7 Å². The van der Waals surface area contributed by atoms with E-state index in [4.69, 9.17) is 16.3 Å². The molecule has 1 heterocycles. The van der Waals surface area contributed by atoms with Gasteiger partial charge in [0.1, 0.15) is 16.8 Å². The zero-order chi connectivity index (χ0) is 14.4. The van der Waals surface area contributed by atoms with E-state index >= 15 is 0 Å². The number of halogens is 1. The van der Waals surface area contributed by atoms with E-state index in [1.807, 2.05) is 27.8 Å². The van der Waals surface area contributed by atoms with E-state index in [2.05, 4.69) is 21.8 Å². The number of likely N-dealkylation sites (N-methyl/N-ethyl adjacent to an activating group) is 1. The van der Waals surface area contributed by atoms with Crippen molar-refractivity contribution in [2.24, 2.45) is 0 Å². The van der Waals surface area contributed by atoms with Crippen LogP contribution < -0.4 is 4.90 Å². The van der Waals surface area contributed by atoms with Crippen LogP contribution in [0.2, 0.25) is 5.15 Å². The second kappa shape index (κ2) is 7.65. The van der Waals surface area contributed by atoms with Crippen LogP contribution in [0.3, 0.4) is 0 Å². The molecule has 1 aromatic rings. The van der Waals surface area contributed by atoms with Gasteiger partial charge < -0.3 is 9.64 Å². The molecule has 0 aliphatic carbocycles. The summed E-state index contributed by atoms with van der Waals surface area (Å²) in [6, 6.07) is 0. The molecule has 0 aliphatic rings. The van der Waals surface area contributed by atoms with E-state index < -0.39 is 0 Å². The first-order valence-corrected chi connectivity index (χ1v) is 7.19. The predicted molar refractivity (Wildman–Crippen MR) is 80.1 cm³/mol. The van der Waals surface area contributed by atoms with Crippen LogP contribution >= 0.6 is 11.6 Å². The third kappa shape index (κ3) is 4.96. The maximum Gasteiger partial charge on any atom is 0.137 e. The van der Waals surface area contributed by atoms with Crippen LogP contribution in [0.1, 0.15) is 38.6 Å².